The molecule has 0 aliphatic carbocycles. The third-order valence-corrected chi connectivity index (χ3v) is 6.61. The Balaban J connectivity index is 1.60. The van der Waals surface area contributed by atoms with Gasteiger partial charge in [0.25, 0.3) is 0 Å². The Bertz CT molecular complexity index is 897. The van der Waals surface area contributed by atoms with Crippen molar-refractivity contribution in [3.05, 3.63) is 36.2 Å². The van der Waals surface area contributed by atoms with Gasteiger partial charge in [0.1, 0.15) is 4.90 Å². The fourth-order valence-electron chi connectivity index (χ4n) is 3.26. The lowest BCUT2D eigenvalue weighted by molar-refractivity contribution is -0.126. The van der Waals surface area contributed by atoms with Crippen molar-refractivity contribution in [2.75, 3.05) is 19.6 Å². The lowest BCUT2D eigenvalue weighted by atomic mass is 9.99. The summed E-state index contributed by atoms with van der Waals surface area (Å²) in [6.45, 7) is 2.73. The maximum absolute atomic E-state index is 12.9. The molecule has 3 rings (SSSR count). The molecule has 146 valence electrons. The number of hydrogen-bond acceptors (Lipinski definition) is 6. The second kappa shape index (κ2) is 8.13. The summed E-state index contributed by atoms with van der Waals surface area (Å²) in [5, 5.41) is 7.00. The maximum Gasteiger partial charge on any atom is 0.246 e. The molecule has 9 nitrogen and oxygen atoms in total. The van der Waals surface area contributed by atoms with Crippen LogP contribution in [-0.2, 0) is 28.3 Å². The normalized spacial score (nSPS) is 18.4. The summed E-state index contributed by atoms with van der Waals surface area (Å²) >= 11 is 0. The van der Waals surface area contributed by atoms with Crippen molar-refractivity contribution >= 4 is 15.9 Å². The van der Waals surface area contributed by atoms with E-state index in [1.165, 1.54) is 15.2 Å². The molecule has 1 saturated heterocycles. The Labute approximate surface area is 158 Å². The standard InChI is InChI=1S/C17H24N6O3S/c1-13-16(12-22(2)21-13)27(25,26)23-9-3-4-14(11-23)17(24)20-6-5-15-10-18-7-8-19-15/h7-8,10,12,14H,3-6,9,11H2,1-2H3,(H,20,24). The van der Waals surface area contributed by atoms with E-state index in [9.17, 15) is 13.2 Å². The van der Waals surface area contributed by atoms with Crippen molar-refractivity contribution in [2.45, 2.75) is 31.1 Å². The highest BCUT2D eigenvalue weighted by Crippen LogP contribution is 2.25. The number of carbonyl (C=O) groups excluding carboxylic acids is 1. The highest BCUT2D eigenvalue weighted by atomic mass is 32.2. The second-order valence-electron chi connectivity index (χ2n) is 6.69. The number of hydrogen-bond donors (Lipinski definition) is 1. The zero-order valence-electron chi connectivity index (χ0n) is 15.5. The van der Waals surface area contributed by atoms with Crippen molar-refractivity contribution in [1.29, 1.82) is 0 Å². The number of piperidine rings is 1. The number of aromatic nitrogens is 4. The fourth-order valence-corrected chi connectivity index (χ4v) is 4.99. The minimum atomic E-state index is -3.65. The molecule has 0 bridgehead atoms. The Morgan fingerprint density at radius 1 is 1.37 bits per heavy atom. The maximum atomic E-state index is 12.9. The number of rotatable bonds is 6. The van der Waals surface area contributed by atoms with E-state index in [2.05, 4.69) is 20.4 Å². The number of nitrogens with one attached hydrogen (secondary N) is 1. The van der Waals surface area contributed by atoms with Gasteiger partial charge in [-0.1, -0.05) is 0 Å². The minimum absolute atomic E-state index is 0.123. The Morgan fingerprint density at radius 2 is 2.19 bits per heavy atom. The number of carbonyl (C=O) groups is 1. The van der Waals surface area contributed by atoms with Crippen LogP contribution < -0.4 is 5.32 Å². The molecule has 10 heteroatoms. The molecule has 1 unspecified atom stereocenters. The predicted molar refractivity (Wildman–Crippen MR) is 98.2 cm³/mol. The van der Waals surface area contributed by atoms with Gasteiger partial charge in [-0.2, -0.15) is 9.40 Å². The molecule has 1 amide bonds. The summed E-state index contributed by atoms with van der Waals surface area (Å²) in [7, 11) is -1.96. The second-order valence-corrected chi connectivity index (χ2v) is 8.60. The smallest absolute Gasteiger partial charge is 0.246 e. The molecule has 1 fully saturated rings. The van der Waals surface area contributed by atoms with Crippen LogP contribution in [0.25, 0.3) is 0 Å². The van der Waals surface area contributed by atoms with Gasteiger partial charge in [-0.05, 0) is 19.8 Å². The Morgan fingerprint density at radius 3 is 2.85 bits per heavy atom. The summed E-state index contributed by atoms with van der Waals surface area (Å²) in [6, 6.07) is 0. The van der Waals surface area contributed by atoms with Crippen LogP contribution in [-0.4, -0.2) is 58.0 Å². The predicted octanol–water partition coefficient (Wildman–Crippen LogP) is 0.278. The molecule has 1 aliphatic heterocycles. The highest BCUT2D eigenvalue weighted by Gasteiger charge is 2.34. The van der Waals surface area contributed by atoms with E-state index in [-0.39, 0.29) is 23.3 Å². The van der Waals surface area contributed by atoms with Gasteiger partial charge in [0.2, 0.25) is 15.9 Å². The van der Waals surface area contributed by atoms with Crippen molar-refractivity contribution in [3.8, 4) is 0 Å². The molecule has 2 aromatic rings. The van der Waals surface area contributed by atoms with Gasteiger partial charge in [-0.25, -0.2) is 8.42 Å². The number of sulfonamides is 1. The first kappa shape index (κ1) is 19.4. The van der Waals surface area contributed by atoms with Crippen LogP contribution in [0.15, 0.2) is 29.7 Å². The lowest BCUT2D eigenvalue weighted by Crippen LogP contribution is -2.45. The van der Waals surface area contributed by atoms with Crippen LogP contribution in [0, 0.1) is 12.8 Å². The molecular weight excluding hydrogens is 368 g/mol. The summed E-state index contributed by atoms with van der Waals surface area (Å²) < 4.78 is 28.7. The van der Waals surface area contributed by atoms with Crippen molar-refractivity contribution in [3.63, 3.8) is 0 Å². The van der Waals surface area contributed by atoms with Crippen molar-refractivity contribution in [2.24, 2.45) is 13.0 Å². The topological polar surface area (TPSA) is 110 Å². The SMILES string of the molecule is Cc1nn(C)cc1S(=O)(=O)N1CCCC(C(=O)NCCc2cnccn2)C1. The Kier molecular flexibility index (Phi) is 5.85. The number of aryl methyl sites for hydroxylation is 2. The average molecular weight is 392 g/mol. The first-order valence-electron chi connectivity index (χ1n) is 8.91. The molecule has 0 radical (unpaired) electrons. The summed E-state index contributed by atoms with van der Waals surface area (Å²) in [6.07, 6.45) is 8.30. The Hall–Kier alpha value is -2.33. The lowest BCUT2D eigenvalue weighted by Gasteiger charge is -2.31. The van der Waals surface area contributed by atoms with Crippen LogP contribution >= 0.6 is 0 Å². The van der Waals surface area contributed by atoms with Crippen molar-refractivity contribution < 1.29 is 13.2 Å². The van der Waals surface area contributed by atoms with Crippen molar-refractivity contribution in [1.82, 2.24) is 29.4 Å². The molecule has 0 aromatic carbocycles. The van der Waals surface area contributed by atoms with Crippen LogP contribution in [0.5, 0.6) is 0 Å². The van der Waals surface area contributed by atoms with E-state index in [0.717, 1.165) is 5.69 Å². The summed E-state index contributed by atoms with van der Waals surface area (Å²) in [5.74, 6) is -0.478. The van der Waals surface area contributed by atoms with Gasteiger partial charge in [0.05, 0.1) is 17.3 Å². The first-order valence-corrected chi connectivity index (χ1v) is 10.3. The van der Waals surface area contributed by atoms with Gasteiger partial charge in [0.15, 0.2) is 0 Å². The fraction of sp³-hybridized carbons (Fsp3) is 0.529. The molecule has 1 aliphatic rings. The summed E-state index contributed by atoms with van der Waals surface area (Å²) in [5.41, 5.74) is 1.27. The largest absolute Gasteiger partial charge is 0.355 e. The van der Waals surface area contributed by atoms with E-state index in [1.54, 1.807) is 32.6 Å². The third kappa shape index (κ3) is 4.51. The zero-order valence-corrected chi connectivity index (χ0v) is 16.3. The van der Waals surface area contributed by atoms with E-state index in [4.69, 9.17) is 0 Å². The minimum Gasteiger partial charge on any atom is -0.355 e. The highest BCUT2D eigenvalue weighted by molar-refractivity contribution is 7.89. The molecule has 1 atom stereocenters. The van der Waals surface area contributed by atoms with E-state index in [0.29, 0.717) is 38.0 Å². The molecule has 2 aromatic heterocycles. The number of amides is 1. The first-order chi connectivity index (χ1) is 12.9. The van der Waals surface area contributed by atoms with Gasteiger partial charge < -0.3 is 5.32 Å². The van der Waals surface area contributed by atoms with Gasteiger partial charge in [-0.15, -0.1) is 0 Å². The van der Waals surface area contributed by atoms with Crippen LogP contribution in [0.1, 0.15) is 24.2 Å². The third-order valence-electron chi connectivity index (χ3n) is 4.64. The molecule has 1 N–H and O–H groups in total. The molecule has 27 heavy (non-hydrogen) atoms. The van der Waals surface area contributed by atoms with E-state index >= 15 is 0 Å². The molecule has 0 saturated carbocycles. The molecule has 0 spiro atoms. The zero-order chi connectivity index (χ0) is 19.4. The van der Waals surface area contributed by atoms with Crippen LogP contribution in [0.2, 0.25) is 0 Å². The molecular formula is C17H24N6O3S. The van der Waals surface area contributed by atoms with E-state index < -0.39 is 10.0 Å². The average Bonchev–Trinajstić information content (AvgIpc) is 3.01. The van der Waals surface area contributed by atoms with Gasteiger partial charge >= 0.3 is 0 Å². The quantitative estimate of drug-likeness (QED) is 0.756. The van der Waals surface area contributed by atoms with Crippen LogP contribution in [0.4, 0.5) is 0 Å². The van der Waals surface area contributed by atoms with Gasteiger partial charge in [-0.3, -0.25) is 19.4 Å². The van der Waals surface area contributed by atoms with Crippen LogP contribution in [0.3, 0.4) is 0 Å². The van der Waals surface area contributed by atoms with E-state index in [1.807, 2.05) is 0 Å². The van der Waals surface area contributed by atoms with Gasteiger partial charge in [0, 0.05) is 57.9 Å². The molecule has 3 heterocycles. The monoisotopic (exact) mass is 392 g/mol. The number of nitrogens with zero attached hydrogens (tertiary/aromatic N) is 5. The summed E-state index contributed by atoms with van der Waals surface area (Å²) in [4.78, 5) is 20.8.